The summed E-state index contributed by atoms with van der Waals surface area (Å²) < 4.78 is 6.13. The molecule has 0 saturated carbocycles. The van der Waals surface area contributed by atoms with Crippen LogP contribution in [0.25, 0.3) is 0 Å². The number of benzene rings is 2. The van der Waals surface area contributed by atoms with Crippen LogP contribution < -0.4 is 9.64 Å². The minimum atomic E-state index is -0.0423. The van der Waals surface area contributed by atoms with Crippen LogP contribution in [0.1, 0.15) is 12.5 Å². The fraction of sp³-hybridized carbons (Fsp3) is 0.188. The summed E-state index contributed by atoms with van der Waals surface area (Å²) in [4.78, 5) is 13.6. The van der Waals surface area contributed by atoms with Gasteiger partial charge in [0.05, 0.1) is 18.1 Å². The fourth-order valence-electron chi connectivity index (χ4n) is 2.02. The van der Waals surface area contributed by atoms with Crippen molar-refractivity contribution in [2.24, 2.45) is 0 Å². The number of hydrogen-bond acceptors (Lipinski definition) is 2. The van der Waals surface area contributed by atoms with Crippen molar-refractivity contribution in [3.8, 4) is 5.75 Å². The smallest absolute Gasteiger partial charge is 0.224 e. The molecule has 3 nitrogen and oxygen atoms in total. The molecule has 110 valence electrons. The number of carbonyl (C=O) groups excluding carboxylic acids is 1. The first-order valence-electron chi connectivity index (χ1n) is 6.37. The summed E-state index contributed by atoms with van der Waals surface area (Å²) in [6.45, 7) is 2.00. The number of nitrogens with zero attached hydrogens (tertiary/aromatic N) is 1. The molecule has 2 aromatic rings. The lowest BCUT2D eigenvalue weighted by molar-refractivity contribution is -0.116. The molecule has 0 aromatic heterocycles. The van der Waals surface area contributed by atoms with Gasteiger partial charge in [-0.25, -0.2) is 0 Å². The van der Waals surface area contributed by atoms with Crippen molar-refractivity contribution in [2.75, 3.05) is 12.0 Å². The minimum absolute atomic E-state index is 0.0423. The SMILES string of the molecule is COc1cc(N(Cc2cccc(Cl)c2)C(C)=O)ccc1Br. The Bertz CT molecular complexity index is 660. The summed E-state index contributed by atoms with van der Waals surface area (Å²) in [5.74, 6) is 0.643. The van der Waals surface area contributed by atoms with E-state index < -0.39 is 0 Å². The van der Waals surface area contributed by atoms with Crippen LogP contribution in [0.15, 0.2) is 46.9 Å². The van der Waals surface area contributed by atoms with Gasteiger partial charge < -0.3 is 9.64 Å². The quantitative estimate of drug-likeness (QED) is 0.785. The molecule has 0 aliphatic heterocycles. The van der Waals surface area contributed by atoms with E-state index in [0.717, 1.165) is 15.7 Å². The summed E-state index contributed by atoms with van der Waals surface area (Å²) in [5, 5.41) is 0.657. The fourth-order valence-corrected chi connectivity index (χ4v) is 2.64. The van der Waals surface area contributed by atoms with Gasteiger partial charge in [-0.15, -0.1) is 0 Å². The molecule has 21 heavy (non-hydrogen) atoms. The zero-order valence-corrected chi connectivity index (χ0v) is 14.1. The largest absolute Gasteiger partial charge is 0.495 e. The average Bonchev–Trinajstić information content (AvgIpc) is 2.45. The predicted octanol–water partition coefficient (Wildman–Crippen LogP) is 4.66. The Hall–Kier alpha value is -1.52. The number of methoxy groups -OCH3 is 1. The Labute approximate surface area is 137 Å². The molecule has 2 rings (SSSR count). The van der Waals surface area contributed by atoms with Crippen molar-refractivity contribution >= 4 is 39.1 Å². The zero-order chi connectivity index (χ0) is 15.4. The Balaban J connectivity index is 2.33. The Morgan fingerprint density at radius 1 is 1.29 bits per heavy atom. The van der Waals surface area contributed by atoms with Crippen molar-refractivity contribution < 1.29 is 9.53 Å². The molecular formula is C16H15BrClNO2. The van der Waals surface area contributed by atoms with E-state index in [1.54, 1.807) is 18.9 Å². The molecule has 2 aromatic carbocycles. The summed E-state index contributed by atoms with van der Waals surface area (Å²) >= 11 is 9.40. The third-order valence-electron chi connectivity index (χ3n) is 3.06. The molecule has 5 heteroatoms. The topological polar surface area (TPSA) is 29.5 Å². The van der Waals surface area contributed by atoms with Gasteiger partial charge in [0.15, 0.2) is 0 Å². The van der Waals surface area contributed by atoms with Gasteiger partial charge in [-0.05, 0) is 45.8 Å². The van der Waals surface area contributed by atoms with E-state index in [9.17, 15) is 4.79 Å². The van der Waals surface area contributed by atoms with Gasteiger partial charge in [0.1, 0.15) is 5.75 Å². The van der Waals surface area contributed by atoms with Crippen LogP contribution in [-0.4, -0.2) is 13.0 Å². The van der Waals surface area contributed by atoms with Gasteiger partial charge in [0.25, 0.3) is 0 Å². The van der Waals surface area contributed by atoms with Crippen LogP contribution in [0.4, 0.5) is 5.69 Å². The molecule has 1 amide bonds. The maximum atomic E-state index is 12.0. The van der Waals surface area contributed by atoms with Crippen molar-refractivity contribution in [1.29, 1.82) is 0 Å². The minimum Gasteiger partial charge on any atom is -0.495 e. The van der Waals surface area contributed by atoms with E-state index in [1.807, 2.05) is 42.5 Å². The van der Waals surface area contributed by atoms with Gasteiger partial charge in [-0.2, -0.15) is 0 Å². The van der Waals surface area contributed by atoms with E-state index in [0.29, 0.717) is 17.3 Å². The number of rotatable bonds is 4. The summed E-state index contributed by atoms with van der Waals surface area (Å²) in [7, 11) is 1.60. The predicted molar refractivity (Wildman–Crippen MR) is 89.0 cm³/mol. The van der Waals surface area contributed by atoms with Crippen molar-refractivity contribution in [3.05, 3.63) is 57.5 Å². The highest BCUT2D eigenvalue weighted by Crippen LogP contribution is 2.30. The molecule has 0 spiro atoms. The summed E-state index contributed by atoms with van der Waals surface area (Å²) in [6, 6.07) is 13.0. The van der Waals surface area contributed by atoms with E-state index in [-0.39, 0.29) is 5.91 Å². The lowest BCUT2D eigenvalue weighted by Gasteiger charge is -2.22. The van der Waals surface area contributed by atoms with E-state index in [1.165, 1.54) is 0 Å². The monoisotopic (exact) mass is 367 g/mol. The van der Waals surface area contributed by atoms with Crippen LogP contribution in [0, 0.1) is 0 Å². The molecule has 0 bridgehead atoms. The standard InChI is InChI=1S/C16H15BrClNO2/c1-11(20)19(10-12-4-3-5-13(18)8-12)14-6-7-15(17)16(9-14)21-2/h3-9H,10H2,1-2H3. The maximum absolute atomic E-state index is 12.0. The third-order valence-corrected chi connectivity index (χ3v) is 3.95. The molecule has 0 aliphatic rings. The normalized spacial score (nSPS) is 10.3. The van der Waals surface area contributed by atoms with E-state index in [2.05, 4.69) is 15.9 Å². The van der Waals surface area contributed by atoms with Crippen molar-refractivity contribution in [2.45, 2.75) is 13.5 Å². The molecule has 0 fully saturated rings. The summed E-state index contributed by atoms with van der Waals surface area (Å²) in [5.41, 5.74) is 1.75. The lowest BCUT2D eigenvalue weighted by Crippen LogP contribution is -2.27. The van der Waals surface area contributed by atoms with Gasteiger partial charge in [0, 0.05) is 23.7 Å². The molecule has 0 heterocycles. The molecule has 0 saturated heterocycles. The first-order chi connectivity index (χ1) is 10.0. The van der Waals surface area contributed by atoms with Crippen LogP contribution in [0.5, 0.6) is 5.75 Å². The highest BCUT2D eigenvalue weighted by atomic mass is 79.9. The van der Waals surface area contributed by atoms with Crippen LogP contribution in [-0.2, 0) is 11.3 Å². The van der Waals surface area contributed by atoms with Crippen LogP contribution >= 0.6 is 27.5 Å². The molecule has 0 aliphatic carbocycles. The highest BCUT2D eigenvalue weighted by molar-refractivity contribution is 9.10. The van der Waals surface area contributed by atoms with Gasteiger partial charge in [0.2, 0.25) is 5.91 Å². The summed E-state index contributed by atoms with van der Waals surface area (Å²) in [6.07, 6.45) is 0. The van der Waals surface area contributed by atoms with Crippen LogP contribution in [0.2, 0.25) is 5.02 Å². The van der Waals surface area contributed by atoms with Gasteiger partial charge in [-0.1, -0.05) is 23.7 Å². The third kappa shape index (κ3) is 3.99. The highest BCUT2D eigenvalue weighted by Gasteiger charge is 2.14. The van der Waals surface area contributed by atoms with Crippen LogP contribution in [0.3, 0.4) is 0 Å². The lowest BCUT2D eigenvalue weighted by atomic mass is 10.2. The maximum Gasteiger partial charge on any atom is 0.224 e. The number of anilines is 1. The molecule has 0 radical (unpaired) electrons. The second kappa shape index (κ2) is 6.96. The van der Waals surface area contributed by atoms with Crippen molar-refractivity contribution in [1.82, 2.24) is 0 Å². The average molecular weight is 369 g/mol. The number of hydrogen-bond donors (Lipinski definition) is 0. The molecule has 0 N–H and O–H groups in total. The number of halogens is 2. The molecular weight excluding hydrogens is 354 g/mol. The Kier molecular flexibility index (Phi) is 5.26. The van der Waals surface area contributed by atoms with Crippen molar-refractivity contribution in [3.63, 3.8) is 0 Å². The van der Waals surface area contributed by atoms with Gasteiger partial charge >= 0.3 is 0 Å². The first kappa shape index (κ1) is 15.9. The van der Waals surface area contributed by atoms with E-state index >= 15 is 0 Å². The second-order valence-electron chi connectivity index (χ2n) is 4.55. The first-order valence-corrected chi connectivity index (χ1v) is 7.54. The molecule has 0 atom stereocenters. The molecule has 0 unspecified atom stereocenters. The second-order valence-corrected chi connectivity index (χ2v) is 5.84. The zero-order valence-electron chi connectivity index (χ0n) is 11.8. The Morgan fingerprint density at radius 2 is 2.05 bits per heavy atom. The van der Waals surface area contributed by atoms with E-state index in [4.69, 9.17) is 16.3 Å². The number of ether oxygens (including phenoxy) is 1. The number of amides is 1. The number of carbonyl (C=O) groups is 1. The van der Waals surface area contributed by atoms with Gasteiger partial charge in [-0.3, -0.25) is 4.79 Å². The Morgan fingerprint density at radius 3 is 2.67 bits per heavy atom.